The Morgan fingerprint density at radius 1 is 1.78 bits per heavy atom. The molecule has 2 nitrogen and oxygen atoms in total. The molecule has 1 aliphatic rings. The third kappa shape index (κ3) is 1.02. The van der Waals surface area contributed by atoms with Crippen molar-refractivity contribution < 1.29 is 4.79 Å². The molecule has 0 radical (unpaired) electrons. The van der Waals surface area contributed by atoms with E-state index in [0.29, 0.717) is 6.42 Å². The zero-order valence-electron chi connectivity index (χ0n) is 5.40. The Morgan fingerprint density at radius 2 is 2.44 bits per heavy atom. The molecule has 0 aromatic heterocycles. The Morgan fingerprint density at radius 3 is 2.67 bits per heavy atom. The Bertz CT molecular complexity index is 191. The zero-order valence-corrected chi connectivity index (χ0v) is 5.40. The van der Waals surface area contributed by atoms with Crippen molar-refractivity contribution in [3.8, 4) is 0 Å². The minimum absolute atomic E-state index is 0.0492. The van der Waals surface area contributed by atoms with Gasteiger partial charge in [-0.25, -0.2) is 0 Å². The summed E-state index contributed by atoms with van der Waals surface area (Å²) in [6.45, 7) is 5.59. The normalized spacial score (nSPS) is 23.0. The van der Waals surface area contributed by atoms with E-state index in [1.54, 1.807) is 0 Å². The molecule has 0 aliphatic carbocycles. The molecule has 1 rings (SSSR count). The average Bonchev–Trinajstić information content (AvgIpc) is 2.10. The highest BCUT2D eigenvalue weighted by Gasteiger charge is 2.16. The number of amides is 1. The van der Waals surface area contributed by atoms with Crippen molar-refractivity contribution in [1.82, 2.24) is 5.32 Å². The van der Waals surface area contributed by atoms with Crippen LogP contribution in [-0.2, 0) is 4.79 Å². The molecule has 48 valence electrons. The number of hydrogen-bond acceptors (Lipinski definition) is 1. The van der Waals surface area contributed by atoms with Crippen LogP contribution in [0.3, 0.4) is 0 Å². The molecule has 1 fully saturated rings. The second kappa shape index (κ2) is 2.05. The number of nitrogens with one attached hydrogen (secondary N) is 1. The van der Waals surface area contributed by atoms with Gasteiger partial charge in [0.2, 0.25) is 5.91 Å². The van der Waals surface area contributed by atoms with Crippen molar-refractivity contribution in [3.05, 3.63) is 23.9 Å². The highest BCUT2D eigenvalue weighted by atomic mass is 16.1. The van der Waals surface area contributed by atoms with Gasteiger partial charge >= 0.3 is 0 Å². The molecule has 0 unspecified atom stereocenters. The summed E-state index contributed by atoms with van der Waals surface area (Å²) < 4.78 is 0. The summed E-state index contributed by atoms with van der Waals surface area (Å²) in [5.74, 6) is 0.0492. The summed E-state index contributed by atoms with van der Waals surface area (Å²) in [5.41, 5.74) is 1.77. The van der Waals surface area contributed by atoms with Crippen LogP contribution < -0.4 is 5.32 Å². The fraction of sp³-hybridized carbons (Fsp3) is 0.286. The van der Waals surface area contributed by atoms with E-state index in [9.17, 15) is 4.79 Å². The van der Waals surface area contributed by atoms with Crippen LogP contribution in [0.25, 0.3) is 0 Å². The smallest absolute Gasteiger partial charge is 0.228 e. The number of allylic oxidation sites excluding steroid dienone is 2. The Hall–Kier alpha value is -1.05. The maximum Gasteiger partial charge on any atom is 0.228 e. The van der Waals surface area contributed by atoms with E-state index in [0.717, 1.165) is 11.3 Å². The van der Waals surface area contributed by atoms with Gasteiger partial charge in [0.1, 0.15) is 0 Å². The Labute approximate surface area is 54.3 Å². The van der Waals surface area contributed by atoms with Crippen molar-refractivity contribution >= 4 is 5.91 Å². The first-order chi connectivity index (χ1) is 4.24. The van der Waals surface area contributed by atoms with Crippen LogP contribution >= 0.6 is 0 Å². The molecular weight excluding hydrogens is 114 g/mol. The Balaban J connectivity index is 2.81. The molecule has 0 atom stereocenters. The van der Waals surface area contributed by atoms with Gasteiger partial charge in [0.15, 0.2) is 0 Å². The first kappa shape index (κ1) is 6.08. The molecule has 0 aromatic carbocycles. The molecule has 1 aliphatic heterocycles. The van der Waals surface area contributed by atoms with Gasteiger partial charge in [0.25, 0.3) is 0 Å². The van der Waals surface area contributed by atoms with Gasteiger partial charge in [0.05, 0.1) is 6.42 Å². The van der Waals surface area contributed by atoms with Gasteiger partial charge in [-0.1, -0.05) is 12.7 Å². The summed E-state index contributed by atoms with van der Waals surface area (Å²) >= 11 is 0. The first-order valence-corrected chi connectivity index (χ1v) is 2.88. The van der Waals surface area contributed by atoms with E-state index in [4.69, 9.17) is 0 Å². The maximum atomic E-state index is 10.6. The maximum absolute atomic E-state index is 10.6. The van der Waals surface area contributed by atoms with Gasteiger partial charge in [0, 0.05) is 5.70 Å². The minimum Gasteiger partial charge on any atom is -0.326 e. The van der Waals surface area contributed by atoms with E-state index in [-0.39, 0.29) is 5.91 Å². The highest BCUT2D eigenvalue weighted by molar-refractivity contribution is 5.86. The van der Waals surface area contributed by atoms with Gasteiger partial charge in [-0.15, -0.1) is 0 Å². The topological polar surface area (TPSA) is 29.1 Å². The van der Waals surface area contributed by atoms with Crippen LogP contribution in [0.1, 0.15) is 13.3 Å². The summed E-state index contributed by atoms with van der Waals surface area (Å²) in [6.07, 6.45) is 2.31. The predicted octanol–water partition coefficient (Wildman–Crippen LogP) is 0.966. The lowest BCUT2D eigenvalue weighted by atomic mass is 10.2. The van der Waals surface area contributed by atoms with Crippen molar-refractivity contribution in [2.24, 2.45) is 0 Å². The molecule has 0 spiro atoms. The van der Waals surface area contributed by atoms with Gasteiger partial charge in [-0.05, 0) is 12.5 Å². The summed E-state index contributed by atoms with van der Waals surface area (Å²) in [7, 11) is 0. The van der Waals surface area contributed by atoms with Crippen molar-refractivity contribution in [3.63, 3.8) is 0 Å². The molecule has 1 amide bonds. The summed E-state index contributed by atoms with van der Waals surface area (Å²) in [4.78, 5) is 10.6. The third-order valence-corrected chi connectivity index (χ3v) is 1.32. The molecule has 0 aromatic rings. The van der Waals surface area contributed by atoms with Gasteiger partial charge < -0.3 is 5.32 Å². The second-order valence-corrected chi connectivity index (χ2v) is 2.03. The van der Waals surface area contributed by atoms with Crippen LogP contribution in [0.5, 0.6) is 0 Å². The number of carbonyl (C=O) groups is 1. The van der Waals surface area contributed by atoms with Gasteiger partial charge in [-0.2, -0.15) is 0 Å². The van der Waals surface area contributed by atoms with Crippen molar-refractivity contribution in [2.75, 3.05) is 0 Å². The second-order valence-electron chi connectivity index (χ2n) is 2.03. The SMILES string of the molecule is C=C1CC(=O)N/C1=C/C. The number of rotatable bonds is 0. The van der Waals surface area contributed by atoms with Crippen LogP contribution in [0, 0.1) is 0 Å². The van der Waals surface area contributed by atoms with Crippen LogP contribution in [-0.4, -0.2) is 5.91 Å². The molecule has 1 saturated heterocycles. The fourth-order valence-corrected chi connectivity index (χ4v) is 0.848. The number of hydrogen-bond donors (Lipinski definition) is 1. The molecule has 1 N–H and O–H groups in total. The number of carbonyl (C=O) groups excluding carboxylic acids is 1. The third-order valence-electron chi connectivity index (χ3n) is 1.32. The lowest BCUT2D eigenvalue weighted by molar-refractivity contribution is -0.118. The summed E-state index contributed by atoms with van der Waals surface area (Å²) in [5, 5.41) is 2.68. The summed E-state index contributed by atoms with van der Waals surface area (Å²) in [6, 6.07) is 0. The molecule has 0 bridgehead atoms. The molecular formula is C7H9NO. The van der Waals surface area contributed by atoms with Crippen molar-refractivity contribution in [2.45, 2.75) is 13.3 Å². The van der Waals surface area contributed by atoms with E-state index >= 15 is 0 Å². The van der Waals surface area contributed by atoms with Crippen LogP contribution in [0.4, 0.5) is 0 Å². The standard InChI is InChI=1S/C7H9NO/c1-3-6-5(2)4-7(9)8-6/h3H,2,4H2,1H3,(H,8,9)/b6-3+. The fourth-order valence-electron chi connectivity index (χ4n) is 0.848. The monoisotopic (exact) mass is 123 g/mol. The lowest BCUT2D eigenvalue weighted by Gasteiger charge is -1.92. The van der Waals surface area contributed by atoms with E-state index < -0.39 is 0 Å². The molecule has 1 heterocycles. The van der Waals surface area contributed by atoms with Crippen LogP contribution in [0.2, 0.25) is 0 Å². The van der Waals surface area contributed by atoms with E-state index in [2.05, 4.69) is 11.9 Å². The largest absolute Gasteiger partial charge is 0.326 e. The van der Waals surface area contributed by atoms with Crippen LogP contribution in [0.15, 0.2) is 23.9 Å². The highest BCUT2D eigenvalue weighted by Crippen LogP contribution is 2.15. The molecule has 2 heteroatoms. The van der Waals surface area contributed by atoms with Gasteiger partial charge in [-0.3, -0.25) is 4.79 Å². The Kier molecular flexibility index (Phi) is 1.39. The lowest BCUT2D eigenvalue weighted by Crippen LogP contribution is -2.11. The zero-order chi connectivity index (χ0) is 6.85. The molecule has 0 saturated carbocycles. The van der Waals surface area contributed by atoms with E-state index in [1.165, 1.54) is 0 Å². The quantitative estimate of drug-likeness (QED) is 0.511. The first-order valence-electron chi connectivity index (χ1n) is 2.88. The average molecular weight is 123 g/mol. The molecule has 9 heavy (non-hydrogen) atoms. The van der Waals surface area contributed by atoms with Crippen molar-refractivity contribution in [1.29, 1.82) is 0 Å². The minimum atomic E-state index is 0.0492. The van der Waals surface area contributed by atoms with E-state index in [1.807, 2.05) is 13.0 Å². The predicted molar refractivity (Wildman–Crippen MR) is 35.7 cm³/mol.